The molecule has 3 aromatic heterocycles. The van der Waals surface area contributed by atoms with Crippen LogP contribution in [0, 0.1) is 6.92 Å². The molecular formula is C18H16N4OS. The van der Waals surface area contributed by atoms with E-state index in [9.17, 15) is 0 Å². The van der Waals surface area contributed by atoms with E-state index in [1.807, 2.05) is 24.3 Å². The second-order valence-electron chi connectivity index (χ2n) is 5.50. The van der Waals surface area contributed by atoms with Gasteiger partial charge in [0.25, 0.3) is 0 Å². The van der Waals surface area contributed by atoms with Crippen LogP contribution in [0.2, 0.25) is 0 Å². The fraction of sp³-hybridized carbons (Fsp3) is 0.111. The standard InChI is InChI=1S/C18H16N4OS/c1-11-9-24-10-15(11)18-14-4-3-13(23-2)7-12(14)8-17(21-18)20-16-5-6-19-22-16/h3-10H,1-2H3,(H2,19,20,21,22). The number of ether oxygens (including phenoxy) is 1. The van der Waals surface area contributed by atoms with Gasteiger partial charge in [-0.2, -0.15) is 16.4 Å². The van der Waals surface area contributed by atoms with Crippen LogP contribution in [0.3, 0.4) is 0 Å². The molecule has 0 bridgehead atoms. The van der Waals surface area contributed by atoms with Gasteiger partial charge in [-0.1, -0.05) is 0 Å². The van der Waals surface area contributed by atoms with E-state index in [4.69, 9.17) is 9.72 Å². The molecule has 1 aromatic carbocycles. The third kappa shape index (κ3) is 2.61. The van der Waals surface area contributed by atoms with Crippen LogP contribution in [0.25, 0.3) is 22.0 Å². The van der Waals surface area contributed by atoms with Gasteiger partial charge < -0.3 is 10.1 Å². The molecule has 0 saturated heterocycles. The van der Waals surface area contributed by atoms with E-state index < -0.39 is 0 Å². The molecule has 0 atom stereocenters. The van der Waals surface area contributed by atoms with E-state index in [2.05, 4.69) is 39.3 Å². The van der Waals surface area contributed by atoms with Crippen molar-refractivity contribution in [3.63, 3.8) is 0 Å². The summed E-state index contributed by atoms with van der Waals surface area (Å²) in [6.45, 7) is 2.11. The van der Waals surface area contributed by atoms with E-state index in [-0.39, 0.29) is 0 Å². The number of aromatic nitrogens is 3. The summed E-state index contributed by atoms with van der Waals surface area (Å²) >= 11 is 1.69. The van der Waals surface area contributed by atoms with Crippen LogP contribution in [-0.2, 0) is 0 Å². The summed E-state index contributed by atoms with van der Waals surface area (Å²) in [5.41, 5.74) is 3.34. The quantitative estimate of drug-likeness (QED) is 0.565. The maximum atomic E-state index is 5.37. The average Bonchev–Trinajstić information content (AvgIpc) is 3.25. The molecular weight excluding hydrogens is 320 g/mol. The zero-order chi connectivity index (χ0) is 16.5. The minimum absolute atomic E-state index is 0.734. The minimum atomic E-state index is 0.734. The third-order valence-corrected chi connectivity index (χ3v) is 4.77. The van der Waals surface area contributed by atoms with Crippen molar-refractivity contribution in [3.05, 3.63) is 52.9 Å². The summed E-state index contributed by atoms with van der Waals surface area (Å²) in [7, 11) is 1.68. The number of nitrogens with zero attached hydrogens (tertiary/aromatic N) is 2. The number of aromatic amines is 1. The second-order valence-corrected chi connectivity index (χ2v) is 6.24. The van der Waals surface area contributed by atoms with Crippen LogP contribution < -0.4 is 10.1 Å². The van der Waals surface area contributed by atoms with Crippen molar-refractivity contribution in [1.82, 2.24) is 15.2 Å². The third-order valence-electron chi connectivity index (χ3n) is 3.91. The van der Waals surface area contributed by atoms with Gasteiger partial charge in [-0.15, -0.1) is 0 Å². The molecule has 5 nitrogen and oxygen atoms in total. The van der Waals surface area contributed by atoms with Crippen LogP contribution >= 0.6 is 11.3 Å². The number of hydrogen-bond acceptors (Lipinski definition) is 5. The number of aryl methyl sites for hydroxylation is 1. The Morgan fingerprint density at radius 1 is 1.12 bits per heavy atom. The minimum Gasteiger partial charge on any atom is -0.497 e. The topological polar surface area (TPSA) is 62.8 Å². The number of nitrogens with one attached hydrogen (secondary N) is 2. The van der Waals surface area contributed by atoms with E-state index in [1.165, 1.54) is 5.56 Å². The number of fused-ring (bicyclic) bond motifs is 1. The molecule has 0 aliphatic rings. The molecule has 3 heterocycles. The zero-order valence-corrected chi connectivity index (χ0v) is 14.1. The van der Waals surface area contributed by atoms with Crippen LogP contribution in [-0.4, -0.2) is 22.3 Å². The summed E-state index contributed by atoms with van der Waals surface area (Å²) in [5, 5.41) is 16.6. The number of pyridine rings is 1. The molecule has 2 N–H and O–H groups in total. The Morgan fingerprint density at radius 3 is 2.75 bits per heavy atom. The van der Waals surface area contributed by atoms with E-state index in [1.54, 1.807) is 24.6 Å². The monoisotopic (exact) mass is 336 g/mol. The predicted octanol–water partition coefficient (Wildman–Crippen LogP) is 4.75. The molecule has 0 aliphatic heterocycles. The van der Waals surface area contributed by atoms with Crippen molar-refractivity contribution in [2.75, 3.05) is 12.4 Å². The number of anilines is 2. The van der Waals surface area contributed by atoms with Crippen molar-refractivity contribution >= 4 is 33.7 Å². The number of hydrogen-bond donors (Lipinski definition) is 2. The van der Waals surface area contributed by atoms with Crippen LogP contribution in [0.1, 0.15) is 5.56 Å². The largest absolute Gasteiger partial charge is 0.497 e. The first-order chi connectivity index (χ1) is 11.7. The Kier molecular flexibility index (Phi) is 3.66. The fourth-order valence-corrected chi connectivity index (χ4v) is 3.53. The van der Waals surface area contributed by atoms with E-state index in [0.717, 1.165) is 39.4 Å². The van der Waals surface area contributed by atoms with Gasteiger partial charge in [0.1, 0.15) is 11.6 Å². The molecule has 0 unspecified atom stereocenters. The highest BCUT2D eigenvalue weighted by atomic mass is 32.1. The average molecular weight is 336 g/mol. The SMILES string of the molecule is COc1ccc2c(-c3cscc3C)nc(Nc3cc[nH]n3)cc2c1. The van der Waals surface area contributed by atoms with Crippen LogP contribution in [0.5, 0.6) is 5.75 Å². The van der Waals surface area contributed by atoms with Crippen LogP contribution in [0.15, 0.2) is 47.3 Å². The van der Waals surface area contributed by atoms with Gasteiger partial charge in [-0.3, -0.25) is 5.10 Å². The van der Waals surface area contributed by atoms with E-state index in [0.29, 0.717) is 0 Å². The molecule has 120 valence electrons. The summed E-state index contributed by atoms with van der Waals surface area (Å²) in [6.07, 6.45) is 1.77. The lowest BCUT2D eigenvalue weighted by Gasteiger charge is -2.11. The predicted molar refractivity (Wildman–Crippen MR) is 98.2 cm³/mol. The Bertz CT molecular complexity index is 992. The summed E-state index contributed by atoms with van der Waals surface area (Å²) in [6, 6.07) is 9.94. The van der Waals surface area contributed by atoms with Crippen molar-refractivity contribution in [2.45, 2.75) is 6.92 Å². The Balaban J connectivity index is 1.92. The first-order valence-electron chi connectivity index (χ1n) is 7.53. The Labute approximate surface area is 143 Å². The maximum absolute atomic E-state index is 5.37. The number of rotatable bonds is 4. The highest BCUT2D eigenvalue weighted by Crippen LogP contribution is 2.35. The molecule has 6 heteroatoms. The van der Waals surface area contributed by atoms with Gasteiger partial charge in [0.05, 0.1) is 12.8 Å². The number of thiophene rings is 1. The lowest BCUT2D eigenvalue weighted by molar-refractivity contribution is 0.415. The van der Waals surface area contributed by atoms with Gasteiger partial charge in [-0.25, -0.2) is 4.98 Å². The number of methoxy groups -OCH3 is 1. The number of benzene rings is 1. The summed E-state index contributed by atoms with van der Waals surface area (Å²) in [4.78, 5) is 4.84. The van der Waals surface area contributed by atoms with Crippen LogP contribution in [0.4, 0.5) is 11.6 Å². The summed E-state index contributed by atoms with van der Waals surface area (Å²) < 4.78 is 5.37. The Hall–Kier alpha value is -2.86. The first kappa shape index (κ1) is 14.7. The van der Waals surface area contributed by atoms with Crippen molar-refractivity contribution in [3.8, 4) is 17.0 Å². The maximum Gasteiger partial charge on any atom is 0.153 e. The van der Waals surface area contributed by atoms with Gasteiger partial charge in [0.2, 0.25) is 0 Å². The molecule has 0 radical (unpaired) electrons. The molecule has 0 aliphatic carbocycles. The molecule has 24 heavy (non-hydrogen) atoms. The molecule has 0 saturated carbocycles. The zero-order valence-electron chi connectivity index (χ0n) is 13.3. The van der Waals surface area contributed by atoms with Gasteiger partial charge in [0.15, 0.2) is 5.82 Å². The highest BCUT2D eigenvalue weighted by molar-refractivity contribution is 7.08. The fourth-order valence-electron chi connectivity index (χ4n) is 2.70. The normalized spacial score (nSPS) is 10.9. The summed E-state index contributed by atoms with van der Waals surface area (Å²) in [5.74, 6) is 2.31. The molecule has 4 rings (SSSR count). The van der Waals surface area contributed by atoms with Gasteiger partial charge in [0, 0.05) is 28.6 Å². The number of H-pyrrole nitrogens is 1. The van der Waals surface area contributed by atoms with Gasteiger partial charge >= 0.3 is 0 Å². The molecule has 0 amide bonds. The first-order valence-corrected chi connectivity index (χ1v) is 8.47. The molecule has 0 spiro atoms. The van der Waals surface area contributed by atoms with Gasteiger partial charge in [-0.05, 0) is 47.5 Å². The Morgan fingerprint density at radius 2 is 2.04 bits per heavy atom. The van der Waals surface area contributed by atoms with E-state index >= 15 is 0 Å². The van der Waals surface area contributed by atoms with Crippen molar-refractivity contribution < 1.29 is 4.74 Å². The second kappa shape index (κ2) is 5.98. The molecule has 4 aromatic rings. The van der Waals surface area contributed by atoms with Crippen molar-refractivity contribution in [2.24, 2.45) is 0 Å². The lowest BCUT2D eigenvalue weighted by Crippen LogP contribution is -1.97. The lowest BCUT2D eigenvalue weighted by atomic mass is 10.0. The highest BCUT2D eigenvalue weighted by Gasteiger charge is 2.12. The molecule has 0 fully saturated rings. The van der Waals surface area contributed by atoms with Crippen molar-refractivity contribution in [1.29, 1.82) is 0 Å². The smallest absolute Gasteiger partial charge is 0.153 e.